The highest BCUT2D eigenvalue weighted by atomic mass is 19.3. The first-order valence-electron chi connectivity index (χ1n) is 5.55. The molecular weight excluding hydrogens is 244 g/mol. The van der Waals surface area contributed by atoms with Crippen LogP contribution in [0.25, 0.3) is 0 Å². The highest BCUT2D eigenvalue weighted by Gasteiger charge is 2.02. The van der Waals surface area contributed by atoms with E-state index in [0.717, 1.165) is 5.76 Å². The molecule has 18 heavy (non-hydrogen) atoms. The van der Waals surface area contributed by atoms with Crippen molar-refractivity contribution in [2.24, 2.45) is 4.99 Å². The number of nitrogens with zero attached hydrogens (tertiary/aromatic N) is 1. The van der Waals surface area contributed by atoms with Gasteiger partial charge in [-0.15, -0.1) is 0 Å². The Morgan fingerprint density at radius 3 is 2.94 bits per heavy atom. The van der Waals surface area contributed by atoms with Crippen molar-refractivity contribution in [2.75, 3.05) is 26.8 Å². The second-order valence-electron chi connectivity index (χ2n) is 3.40. The van der Waals surface area contributed by atoms with Gasteiger partial charge in [-0.05, 0) is 12.1 Å². The summed E-state index contributed by atoms with van der Waals surface area (Å²) in [5.41, 5.74) is 0. The van der Waals surface area contributed by atoms with E-state index in [0.29, 0.717) is 19.0 Å². The van der Waals surface area contributed by atoms with Gasteiger partial charge in [0, 0.05) is 13.6 Å². The van der Waals surface area contributed by atoms with E-state index in [1.807, 2.05) is 6.07 Å². The second-order valence-corrected chi connectivity index (χ2v) is 3.40. The lowest BCUT2D eigenvalue weighted by Crippen LogP contribution is -2.38. The van der Waals surface area contributed by atoms with Crippen LogP contribution in [-0.4, -0.2) is 39.2 Å². The van der Waals surface area contributed by atoms with Gasteiger partial charge in [0.05, 0.1) is 19.4 Å². The zero-order valence-corrected chi connectivity index (χ0v) is 10.2. The summed E-state index contributed by atoms with van der Waals surface area (Å²) >= 11 is 0. The molecule has 0 radical (unpaired) electrons. The summed E-state index contributed by atoms with van der Waals surface area (Å²) in [5, 5.41) is 5.95. The van der Waals surface area contributed by atoms with Crippen LogP contribution in [0.1, 0.15) is 5.76 Å². The zero-order chi connectivity index (χ0) is 13.2. The van der Waals surface area contributed by atoms with E-state index in [1.165, 1.54) is 0 Å². The zero-order valence-electron chi connectivity index (χ0n) is 10.2. The first-order valence-corrected chi connectivity index (χ1v) is 5.55. The molecule has 1 aromatic rings. The fourth-order valence-corrected chi connectivity index (χ4v) is 1.22. The van der Waals surface area contributed by atoms with Gasteiger partial charge >= 0.3 is 0 Å². The molecule has 0 aliphatic carbocycles. The third-order valence-corrected chi connectivity index (χ3v) is 2.02. The molecule has 0 fully saturated rings. The molecule has 0 aliphatic rings. The topological polar surface area (TPSA) is 58.8 Å². The van der Waals surface area contributed by atoms with Crippen LogP contribution >= 0.6 is 0 Å². The van der Waals surface area contributed by atoms with Crippen LogP contribution < -0.4 is 10.6 Å². The molecule has 1 heterocycles. The second kappa shape index (κ2) is 8.46. The maximum absolute atomic E-state index is 11.8. The van der Waals surface area contributed by atoms with Crippen molar-refractivity contribution < 1.29 is 17.9 Å². The van der Waals surface area contributed by atoms with Crippen molar-refractivity contribution in [2.45, 2.75) is 13.0 Å². The number of furan rings is 1. The maximum Gasteiger partial charge on any atom is 0.261 e. The molecule has 0 bridgehead atoms. The number of nitrogens with one attached hydrogen (secondary N) is 2. The smallest absolute Gasteiger partial charge is 0.261 e. The maximum atomic E-state index is 11.8. The first kappa shape index (κ1) is 14.4. The number of halogens is 2. The van der Waals surface area contributed by atoms with Gasteiger partial charge in [0.15, 0.2) is 5.96 Å². The summed E-state index contributed by atoms with van der Waals surface area (Å²) in [6, 6.07) is 3.64. The summed E-state index contributed by atoms with van der Waals surface area (Å²) in [7, 11) is 1.62. The molecule has 0 aliphatic heterocycles. The molecule has 0 amide bonds. The van der Waals surface area contributed by atoms with Gasteiger partial charge < -0.3 is 19.8 Å². The quantitative estimate of drug-likeness (QED) is 0.440. The molecule has 5 nitrogen and oxygen atoms in total. The number of hydrogen-bond acceptors (Lipinski definition) is 3. The van der Waals surface area contributed by atoms with Gasteiger partial charge in [0.2, 0.25) is 0 Å². The van der Waals surface area contributed by atoms with E-state index in [-0.39, 0.29) is 6.61 Å². The van der Waals surface area contributed by atoms with Crippen LogP contribution in [0.15, 0.2) is 27.8 Å². The number of aliphatic imine (C=N–C) groups is 1. The largest absolute Gasteiger partial charge is 0.467 e. The Kier molecular flexibility index (Phi) is 6.78. The fraction of sp³-hybridized carbons (Fsp3) is 0.545. The van der Waals surface area contributed by atoms with Crippen LogP contribution in [0.2, 0.25) is 0 Å². The average Bonchev–Trinajstić information content (AvgIpc) is 2.85. The van der Waals surface area contributed by atoms with Gasteiger partial charge in [-0.2, -0.15) is 0 Å². The van der Waals surface area contributed by atoms with Crippen LogP contribution in [-0.2, 0) is 11.3 Å². The summed E-state index contributed by atoms with van der Waals surface area (Å²) in [5.74, 6) is 1.35. The van der Waals surface area contributed by atoms with Gasteiger partial charge in [-0.25, -0.2) is 8.78 Å². The minimum atomic E-state index is -2.43. The lowest BCUT2D eigenvalue weighted by atomic mass is 10.4. The Balaban J connectivity index is 2.10. The van der Waals surface area contributed by atoms with Crippen molar-refractivity contribution in [3.8, 4) is 0 Å². The van der Waals surface area contributed by atoms with E-state index in [2.05, 4.69) is 15.6 Å². The Morgan fingerprint density at radius 2 is 2.33 bits per heavy atom. The lowest BCUT2D eigenvalue weighted by Gasteiger charge is -2.10. The number of guanidine groups is 1. The van der Waals surface area contributed by atoms with Gasteiger partial charge in [0.25, 0.3) is 6.43 Å². The minimum Gasteiger partial charge on any atom is -0.467 e. The van der Waals surface area contributed by atoms with Gasteiger partial charge in [-0.1, -0.05) is 0 Å². The van der Waals surface area contributed by atoms with Crippen molar-refractivity contribution in [1.29, 1.82) is 0 Å². The molecule has 1 rings (SSSR count). The Hall–Kier alpha value is -1.63. The summed E-state index contributed by atoms with van der Waals surface area (Å²) in [6.45, 7) is 0.570. The first-order chi connectivity index (χ1) is 8.72. The van der Waals surface area contributed by atoms with Crippen LogP contribution in [0.5, 0.6) is 0 Å². The molecule has 0 spiro atoms. The van der Waals surface area contributed by atoms with Crippen LogP contribution in [0.4, 0.5) is 8.78 Å². The molecule has 102 valence electrons. The molecule has 0 saturated heterocycles. The summed E-state index contributed by atoms with van der Waals surface area (Å²) < 4.78 is 33.4. The van der Waals surface area contributed by atoms with E-state index in [4.69, 9.17) is 9.15 Å². The number of ether oxygens (including phenoxy) is 1. The third kappa shape index (κ3) is 6.19. The summed E-state index contributed by atoms with van der Waals surface area (Å²) in [6.07, 6.45) is -0.841. The van der Waals surface area contributed by atoms with Gasteiger partial charge in [0.1, 0.15) is 12.4 Å². The van der Waals surface area contributed by atoms with Gasteiger partial charge in [-0.3, -0.25) is 4.99 Å². The summed E-state index contributed by atoms with van der Waals surface area (Å²) in [4.78, 5) is 3.97. The molecule has 1 aromatic heterocycles. The third-order valence-electron chi connectivity index (χ3n) is 2.02. The van der Waals surface area contributed by atoms with E-state index in [1.54, 1.807) is 19.4 Å². The fourth-order valence-electron chi connectivity index (χ4n) is 1.22. The Labute approximate surface area is 104 Å². The van der Waals surface area contributed by atoms with Crippen molar-refractivity contribution in [3.05, 3.63) is 24.2 Å². The number of alkyl halides is 2. The lowest BCUT2D eigenvalue weighted by molar-refractivity contribution is 0.0196. The Bertz CT molecular complexity index is 342. The predicted octanol–water partition coefficient (Wildman–Crippen LogP) is 1.23. The SMILES string of the molecule is CN=C(NCCOCC(F)F)NCc1ccco1. The van der Waals surface area contributed by atoms with Crippen LogP contribution in [0.3, 0.4) is 0 Å². The molecule has 0 aromatic carbocycles. The van der Waals surface area contributed by atoms with E-state index in [9.17, 15) is 8.78 Å². The molecule has 0 saturated carbocycles. The molecule has 7 heteroatoms. The molecule has 0 unspecified atom stereocenters. The van der Waals surface area contributed by atoms with Crippen molar-refractivity contribution >= 4 is 5.96 Å². The minimum absolute atomic E-state index is 0.200. The Morgan fingerprint density at radius 1 is 1.50 bits per heavy atom. The highest BCUT2D eigenvalue weighted by molar-refractivity contribution is 5.79. The highest BCUT2D eigenvalue weighted by Crippen LogP contribution is 1.98. The molecule has 2 N–H and O–H groups in total. The van der Waals surface area contributed by atoms with Crippen molar-refractivity contribution in [3.63, 3.8) is 0 Å². The number of hydrogen-bond donors (Lipinski definition) is 2. The monoisotopic (exact) mass is 261 g/mol. The van der Waals surface area contributed by atoms with E-state index < -0.39 is 13.0 Å². The van der Waals surface area contributed by atoms with E-state index >= 15 is 0 Å². The van der Waals surface area contributed by atoms with Crippen molar-refractivity contribution in [1.82, 2.24) is 10.6 Å². The number of rotatable bonds is 7. The molecular formula is C11H17F2N3O2. The normalized spacial score (nSPS) is 11.9. The van der Waals surface area contributed by atoms with Crippen LogP contribution in [0, 0.1) is 0 Å². The standard InChI is InChI=1S/C11H17F2N3O2/c1-14-11(15-4-6-17-8-10(12)13)16-7-9-3-2-5-18-9/h2-3,5,10H,4,6-8H2,1H3,(H2,14,15,16). The molecule has 0 atom stereocenters. The average molecular weight is 261 g/mol. The predicted molar refractivity (Wildman–Crippen MR) is 63.7 cm³/mol.